The molecule has 2 aromatic heterocycles. The summed E-state index contributed by atoms with van der Waals surface area (Å²) < 4.78 is 5.57. The Kier molecular flexibility index (Phi) is 4.54. The number of aromatic carboxylic acids is 1. The molecular weight excluding hydrogens is 358 g/mol. The van der Waals surface area contributed by atoms with Crippen LogP contribution in [0, 0.1) is 10.1 Å². The minimum Gasteiger partial charge on any atom is -0.478 e. The Morgan fingerprint density at radius 2 is 1.78 bits per heavy atom. The van der Waals surface area contributed by atoms with E-state index in [1.54, 1.807) is 29.2 Å². The first-order chi connectivity index (χ1) is 12.8. The van der Waals surface area contributed by atoms with Gasteiger partial charge in [-0.05, 0) is 36.4 Å². The van der Waals surface area contributed by atoms with Crippen molar-refractivity contribution in [1.29, 1.82) is 0 Å². The Bertz CT molecular complexity index is 1170. The van der Waals surface area contributed by atoms with Crippen molar-refractivity contribution >= 4 is 23.8 Å². The van der Waals surface area contributed by atoms with E-state index >= 15 is 0 Å². The van der Waals surface area contributed by atoms with Gasteiger partial charge in [0.2, 0.25) is 0 Å². The van der Waals surface area contributed by atoms with E-state index in [-0.39, 0.29) is 11.3 Å². The number of carboxylic acids is 1. The number of nitro groups is 1. The molecule has 0 radical (unpaired) electrons. The molecule has 2 heterocycles. The largest absolute Gasteiger partial charge is 0.478 e. The molecule has 27 heavy (non-hydrogen) atoms. The highest BCUT2D eigenvalue weighted by Gasteiger charge is 2.18. The fourth-order valence-electron chi connectivity index (χ4n) is 2.34. The molecule has 3 N–H and O–H groups in total. The lowest BCUT2D eigenvalue weighted by atomic mass is 10.1. The van der Waals surface area contributed by atoms with Crippen LogP contribution in [0.4, 0.5) is 5.69 Å². The summed E-state index contributed by atoms with van der Waals surface area (Å²) in [6, 6.07) is 9.22. The third-order valence-electron chi connectivity index (χ3n) is 3.59. The van der Waals surface area contributed by atoms with Gasteiger partial charge in [-0.15, -0.1) is 0 Å². The molecule has 10 nitrogen and oxygen atoms in total. The maximum atomic E-state index is 11.6. The van der Waals surface area contributed by atoms with E-state index in [9.17, 15) is 24.5 Å². The molecule has 10 heteroatoms. The minimum absolute atomic E-state index is 0.135. The van der Waals surface area contributed by atoms with Gasteiger partial charge < -0.3 is 14.5 Å². The number of aromatic nitrogens is 2. The Morgan fingerprint density at radius 1 is 1.07 bits per heavy atom. The monoisotopic (exact) mass is 369 g/mol. The topological polar surface area (TPSA) is 159 Å². The van der Waals surface area contributed by atoms with Gasteiger partial charge in [-0.3, -0.25) is 19.9 Å². The molecule has 0 fully saturated rings. The zero-order valence-corrected chi connectivity index (χ0v) is 13.5. The molecule has 0 saturated carbocycles. The van der Waals surface area contributed by atoms with E-state index < -0.39 is 27.8 Å². The molecule has 136 valence electrons. The molecule has 0 bridgehead atoms. The quantitative estimate of drug-likeness (QED) is 0.458. The second-order valence-electron chi connectivity index (χ2n) is 5.35. The van der Waals surface area contributed by atoms with Crippen LogP contribution in [0.25, 0.3) is 23.5 Å². The predicted octanol–water partition coefficient (Wildman–Crippen LogP) is 2.10. The number of rotatable bonds is 5. The number of aromatic amines is 2. The van der Waals surface area contributed by atoms with Crippen molar-refractivity contribution in [3.63, 3.8) is 0 Å². The Balaban J connectivity index is 1.90. The van der Waals surface area contributed by atoms with Crippen LogP contribution in [0.3, 0.4) is 0 Å². The summed E-state index contributed by atoms with van der Waals surface area (Å²) in [5.41, 5.74) is -2.27. The van der Waals surface area contributed by atoms with Gasteiger partial charge in [-0.2, -0.15) is 0 Å². The van der Waals surface area contributed by atoms with Gasteiger partial charge in [0.25, 0.3) is 0 Å². The molecule has 0 aliphatic heterocycles. The van der Waals surface area contributed by atoms with Crippen LogP contribution < -0.4 is 11.2 Å². The second-order valence-corrected chi connectivity index (χ2v) is 5.35. The van der Waals surface area contributed by atoms with Crippen LogP contribution in [-0.4, -0.2) is 26.0 Å². The molecule has 3 rings (SSSR count). The average Bonchev–Trinajstić information content (AvgIpc) is 3.08. The number of benzene rings is 1. The summed E-state index contributed by atoms with van der Waals surface area (Å²) in [7, 11) is 0. The standard InChI is InChI=1S/C17H11N3O7/c21-15-14(20(25)26)12(18-17(24)19-15)7-5-11-6-8-13(27-11)9-1-3-10(4-2-9)16(22)23/h1-8H,(H,22,23)(H2,18,19,21,24). The molecule has 0 saturated heterocycles. The predicted molar refractivity (Wildman–Crippen MR) is 94.4 cm³/mol. The van der Waals surface area contributed by atoms with E-state index in [0.29, 0.717) is 17.1 Å². The zero-order valence-electron chi connectivity index (χ0n) is 13.5. The van der Waals surface area contributed by atoms with E-state index in [1.165, 1.54) is 24.3 Å². The SMILES string of the molecule is O=C(O)c1ccc(-c2ccc(C=Cc3[nH]c(=O)[nH]c(=O)c3[N+](=O)[O-])o2)cc1. The lowest BCUT2D eigenvalue weighted by Crippen LogP contribution is -2.25. The van der Waals surface area contributed by atoms with Crippen molar-refractivity contribution in [2.45, 2.75) is 0 Å². The maximum Gasteiger partial charge on any atom is 0.357 e. The Morgan fingerprint density at radius 3 is 2.41 bits per heavy atom. The lowest BCUT2D eigenvalue weighted by Gasteiger charge is -1.98. The minimum atomic E-state index is -1.11. The highest BCUT2D eigenvalue weighted by molar-refractivity contribution is 5.88. The van der Waals surface area contributed by atoms with Crippen molar-refractivity contribution in [3.05, 3.63) is 84.4 Å². The third kappa shape index (κ3) is 3.74. The fourth-order valence-corrected chi connectivity index (χ4v) is 2.34. The highest BCUT2D eigenvalue weighted by atomic mass is 16.6. The third-order valence-corrected chi connectivity index (χ3v) is 3.59. The molecule has 0 aliphatic carbocycles. The van der Waals surface area contributed by atoms with Gasteiger partial charge in [-0.25, -0.2) is 9.59 Å². The van der Waals surface area contributed by atoms with Crippen LogP contribution in [-0.2, 0) is 0 Å². The van der Waals surface area contributed by atoms with E-state index in [1.807, 2.05) is 0 Å². The van der Waals surface area contributed by atoms with Gasteiger partial charge in [0.1, 0.15) is 17.2 Å². The van der Waals surface area contributed by atoms with Crippen molar-refractivity contribution < 1.29 is 19.2 Å². The normalized spacial score (nSPS) is 11.0. The molecule has 0 spiro atoms. The summed E-state index contributed by atoms with van der Waals surface area (Å²) in [6.45, 7) is 0. The van der Waals surface area contributed by atoms with Crippen molar-refractivity contribution in [2.24, 2.45) is 0 Å². The first-order valence-corrected chi connectivity index (χ1v) is 7.48. The van der Waals surface area contributed by atoms with Crippen LogP contribution in [0.5, 0.6) is 0 Å². The number of hydrogen-bond acceptors (Lipinski definition) is 6. The van der Waals surface area contributed by atoms with Gasteiger partial charge in [0.15, 0.2) is 0 Å². The number of furan rings is 1. The number of nitrogens with one attached hydrogen (secondary N) is 2. The van der Waals surface area contributed by atoms with Gasteiger partial charge in [0, 0.05) is 5.56 Å². The molecule has 1 aromatic carbocycles. The summed E-state index contributed by atoms with van der Waals surface area (Å²) in [5, 5.41) is 19.9. The van der Waals surface area contributed by atoms with Crippen molar-refractivity contribution in [3.8, 4) is 11.3 Å². The number of hydrogen-bond donors (Lipinski definition) is 3. The fraction of sp³-hybridized carbons (Fsp3) is 0. The number of H-pyrrole nitrogens is 2. The number of carboxylic acid groups (broad SMARTS) is 1. The molecule has 0 aliphatic rings. The van der Waals surface area contributed by atoms with Crippen molar-refractivity contribution in [1.82, 2.24) is 9.97 Å². The van der Waals surface area contributed by atoms with Gasteiger partial charge in [-0.1, -0.05) is 12.1 Å². The number of carbonyl (C=O) groups is 1. The van der Waals surface area contributed by atoms with Crippen LogP contribution in [0.1, 0.15) is 21.8 Å². The van der Waals surface area contributed by atoms with E-state index in [4.69, 9.17) is 9.52 Å². The summed E-state index contributed by atoms with van der Waals surface area (Å²) >= 11 is 0. The van der Waals surface area contributed by atoms with Crippen LogP contribution >= 0.6 is 0 Å². The second kappa shape index (κ2) is 6.96. The van der Waals surface area contributed by atoms with Gasteiger partial charge in [0.05, 0.1) is 10.5 Å². The first kappa shape index (κ1) is 17.6. The smallest absolute Gasteiger partial charge is 0.357 e. The Hall–Kier alpha value is -4.21. The average molecular weight is 369 g/mol. The van der Waals surface area contributed by atoms with Crippen LogP contribution in [0.2, 0.25) is 0 Å². The van der Waals surface area contributed by atoms with Crippen molar-refractivity contribution in [2.75, 3.05) is 0 Å². The molecule has 0 amide bonds. The zero-order chi connectivity index (χ0) is 19.6. The lowest BCUT2D eigenvalue weighted by molar-refractivity contribution is -0.386. The molecule has 0 atom stereocenters. The Labute approximate surface area is 149 Å². The molecule has 0 unspecified atom stereocenters. The van der Waals surface area contributed by atoms with E-state index in [0.717, 1.165) is 0 Å². The summed E-state index contributed by atoms with van der Waals surface area (Å²) in [6.07, 6.45) is 2.54. The molecular formula is C17H11N3O7. The summed E-state index contributed by atoms with van der Waals surface area (Å²) in [4.78, 5) is 47.8. The summed E-state index contributed by atoms with van der Waals surface area (Å²) in [5.74, 6) is -0.290. The number of nitrogens with zero attached hydrogens (tertiary/aromatic N) is 1. The first-order valence-electron chi connectivity index (χ1n) is 7.48. The highest BCUT2D eigenvalue weighted by Crippen LogP contribution is 2.24. The maximum absolute atomic E-state index is 11.6. The van der Waals surface area contributed by atoms with Gasteiger partial charge >= 0.3 is 22.9 Å². The van der Waals surface area contributed by atoms with E-state index in [2.05, 4.69) is 4.98 Å². The van der Waals surface area contributed by atoms with Crippen LogP contribution in [0.15, 0.2) is 50.4 Å². The molecule has 3 aromatic rings.